The highest BCUT2D eigenvalue weighted by Crippen LogP contribution is 2.24. The second kappa shape index (κ2) is 10.0. The molecular formula is C24H26N4O3. The van der Waals surface area contributed by atoms with Crippen LogP contribution in [0.4, 0.5) is 0 Å². The summed E-state index contributed by atoms with van der Waals surface area (Å²) in [5.74, 6) is -0.346. The second-order valence-electron chi connectivity index (χ2n) is 7.80. The molecule has 160 valence electrons. The average molecular weight is 418 g/mol. The summed E-state index contributed by atoms with van der Waals surface area (Å²) in [6.07, 6.45) is 10.9. The maximum atomic E-state index is 12.8. The fourth-order valence-corrected chi connectivity index (χ4v) is 3.86. The topological polar surface area (TPSA) is 86.1 Å². The highest BCUT2D eigenvalue weighted by molar-refractivity contribution is 5.97. The third-order valence-corrected chi connectivity index (χ3v) is 5.54. The lowest BCUT2D eigenvalue weighted by molar-refractivity contribution is -0.124. The minimum atomic E-state index is -0.589. The van der Waals surface area contributed by atoms with Crippen LogP contribution >= 0.6 is 0 Å². The van der Waals surface area contributed by atoms with E-state index in [1.54, 1.807) is 29.3 Å². The van der Waals surface area contributed by atoms with Gasteiger partial charge in [0.1, 0.15) is 11.3 Å². The van der Waals surface area contributed by atoms with Gasteiger partial charge in [0.2, 0.25) is 0 Å². The molecule has 0 saturated heterocycles. The van der Waals surface area contributed by atoms with E-state index in [1.807, 2.05) is 36.4 Å². The molecule has 7 heteroatoms. The SMILES string of the molecule is O=C(COC(=O)c1cn(-c2ccccc2)nc1-c1cccnc1)NCC1CCCCC1. The second-order valence-corrected chi connectivity index (χ2v) is 7.80. The van der Waals surface area contributed by atoms with E-state index in [1.165, 1.54) is 19.3 Å². The number of benzene rings is 1. The molecule has 2 heterocycles. The molecule has 1 aliphatic rings. The number of carbonyl (C=O) groups is 2. The maximum absolute atomic E-state index is 12.8. The Hall–Kier alpha value is -3.48. The van der Waals surface area contributed by atoms with Crippen LogP contribution in [0.25, 0.3) is 16.9 Å². The van der Waals surface area contributed by atoms with Gasteiger partial charge in [0.25, 0.3) is 5.91 Å². The van der Waals surface area contributed by atoms with Crippen molar-refractivity contribution in [1.29, 1.82) is 0 Å². The number of para-hydroxylation sites is 1. The first-order valence-corrected chi connectivity index (χ1v) is 10.7. The van der Waals surface area contributed by atoms with Crippen molar-refractivity contribution in [2.75, 3.05) is 13.2 Å². The highest BCUT2D eigenvalue weighted by atomic mass is 16.5. The standard InChI is InChI=1S/C24H26N4O3/c29-22(26-14-18-8-3-1-4-9-18)17-31-24(30)21-16-28(20-11-5-2-6-12-20)27-23(21)19-10-7-13-25-15-19/h2,5-7,10-13,15-16,18H,1,3-4,8-9,14,17H2,(H,26,29). The van der Waals surface area contributed by atoms with E-state index >= 15 is 0 Å². The molecule has 0 bridgehead atoms. The lowest BCUT2D eigenvalue weighted by Crippen LogP contribution is -2.33. The third-order valence-electron chi connectivity index (χ3n) is 5.54. The van der Waals surface area contributed by atoms with Crippen molar-refractivity contribution in [2.45, 2.75) is 32.1 Å². The van der Waals surface area contributed by atoms with Crippen LogP contribution in [0, 0.1) is 5.92 Å². The van der Waals surface area contributed by atoms with Crippen molar-refractivity contribution >= 4 is 11.9 Å². The number of pyridine rings is 1. The first-order chi connectivity index (χ1) is 15.2. The van der Waals surface area contributed by atoms with Crippen molar-refractivity contribution in [3.63, 3.8) is 0 Å². The van der Waals surface area contributed by atoms with Crippen LogP contribution < -0.4 is 5.32 Å². The summed E-state index contributed by atoms with van der Waals surface area (Å²) in [5, 5.41) is 7.46. The average Bonchev–Trinajstić information content (AvgIpc) is 3.29. The van der Waals surface area contributed by atoms with E-state index in [0.717, 1.165) is 18.5 Å². The van der Waals surface area contributed by atoms with Gasteiger partial charge in [0.15, 0.2) is 6.61 Å². The Labute approximate surface area is 181 Å². The normalized spacial score (nSPS) is 14.2. The smallest absolute Gasteiger partial charge is 0.342 e. The molecule has 1 aromatic carbocycles. The Bertz CT molecular complexity index is 1010. The van der Waals surface area contributed by atoms with Gasteiger partial charge in [-0.15, -0.1) is 0 Å². The molecule has 1 saturated carbocycles. The van der Waals surface area contributed by atoms with Crippen LogP contribution in [0.2, 0.25) is 0 Å². The van der Waals surface area contributed by atoms with Crippen LogP contribution in [-0.4, -0.2) is 39.8 Å². The number of carbonyl (C=O) groups excluding carboxylic acids is 2. The summed E-state index contributed by atoms with van der Waals surface area (Å²) in [7, 11) is 0. The molecule has 31 heavy (non-hydrogen) atoms. The quantitative estimate of drug-likeness (QED) is 0.590. The molecule has 1 aliphatic carbocycles. The number of ether oxygens (including phenoxy) is 1. The Morgan fingerprint density at radius 1 is 1.06 bits per heavy atom. The molecule has 0 spiro atoms. The highest BCUT2D eigenvalue weighted by Gasteiger charge is 2.21. The fraction of sp³-hybridized carbons (Fsp3) is 0.333. The van der Waals surface area contributed by atoms with E-state index in [-0.39, 0.29) is 18.1 Å². The largest absolute Gasteiger partial charge is 0.452 e. The Morgan fingerprint density at radius 2 is 1.87 bits per heavy atom. The Morgan fingerprint density at radius 3 is 2.61 bits per heavy atom. The van der Waals surface area contributed by atoms with Crippen molar-refractivity contribution in [3.05, 3.63) is 66.6 Å². The first kappa shape index (κ1) is 20.8. The molecule has 1 N–H and O–H groups in total. The Kier molecular flexibility index (Phi) is 6.72. The van der Waals surface area contributed by atoms with E-state index in [2.05, 4.69) is 15.4 Å². The molecule has 0 atom stereocenters. The summed E-state index contributed by atoms with van der Waals surface area (Å²) in [6.45, 7) is 0.331. The third kappa shape index (κ3) is 5.36. The van der Waals surface area contributed by atoms with Gasteiger partial charge in [-0.3, -0.25) is 9.78 Å². The molecule has 7 nitrogen and oxygen atoms in total. The van der Waals surface area contributed by atoms with Crippen molar-refractivity contribution in [1.82, 2.24) is 20.1 Å². The summed E-state index contributed by atoms with van der Waals surface area (Å²) in [4.78, 5) is 29.1. The summed E-state index contributed by atoms with van der Waals surface area (Å²) < 4.78 is 6.94. The molecule has 0 aliphatic heterocycles. The lowest BCUT2D eigenvalue weighted by atomic mass is 9.89. The number of esters is 1. The number of rotatable bonds is 7. The van der Waals surface area contributed by atoms with Gasteiger partial charge in [-0.05, 0) is 43.0 Å². The monoisotopic (exact) mass is 418 g/mol. The number of nitrogens with one attached hydrogen (secondary N) is 1. The van der Waals surface area contributed by atoms with Crippen LogP contribution in [0.1, 0.15) is 42.5 Å². The maximum Gasteiger partial charge on any atom is 0.342 e. The number of amides is 1. The fourth-order valence-electron chi connectivity index (χ4n) is 3.86. The predicted molar refractivity (Wildman–Crippen MR) is 117 cm³/mol. The van der Waals surface area contributed by atoms with Gasteiger partial charge in [-0.1, -0.05) is 37.5 Å². The summed E-state index contributed by atoms with van der Waals surface area (Å²) >= 11 is 0. The van der Waals surface area contributed by atoms with Gasteiger partial charge < -0.3 is 10.1 Å². The molecule has 0 unspecified atom stereocenters. The molecule has 1 amide bonds. The number of aromatic nitrogens is 3. The van der Waals surface area contributed by atoms with Crippen LogP contribution in [-0.2, 0) is 9.53 Å². The van der Waals surface area contributed by atoms with Gasteiger partial charge in [0, 0.05) is 30.7 Å². The summed E-state index contributed by atoms with van der Waals surface area (Å²) in [6, 6.07) is 13.1. The van der Waals surface area contributed by atoms with Gasteiger partial charge in [-0.2, -0.15) is 5.10 Å². The van der Waals surface area contributed by atoms with E-state index < -0.39 is 5.97 Å². The molecule has 4 rings (SSSR count). The number of hydrogen-bond donors (Lipinski definition) is 1. The van der Waals surface area contributed by atoms with Gasteiger partial charge >= 0.3 is 5.97 Å². The minimum Gasteiger partial charge on any atom is -0.452 e. The zero-order valence-electron chi connectivity index (χ0n) is 17.4. The molecular weight excluding hydrogens is 392 g/mol. The molecule has 3 aromatic rings. The zero-order valence-corrected chi connectivity index (χ0v) is 17.4. The van der Waals surface area contributed by atoms with Gasteiger partial charge in [-0.25, -0.2) is 9.48 Å². The number of hydrogen-bond acceptors (Lipinski definition) is 5. The van der Waals surface area contributed by atoms with Crippen LogP contribution in [0.15, 0.2) is 61.1 Å². The minimum absolute atomic E-state index is 0.280. The van der Waals surface area contributed by atoms with E-state index in [9.17, 15) is 9.59 Å². The molecule has 2 aromatic heterocycles. The molecule has 1 fully saturated rings. The van der Waals surface area contributed by atoms with Crippen molar-refractivity contribution in [3.8, 4) is 16.9 Å². The summed E-state index contributed by atoms with van der Waals surface area (Å²) in [5.41, 5.74) is 2.27. The van der Waals surface area contributed by atoms with Crippen LogP contribution in [0.5, 0.6) is 0 Å². The van der Waals surface area contributed by atoms with Crippen molar-refractivity contribution in [2.24, 2.45) is 5.92 Å². The number of nitrogens with zero attached hydrogens (tertiary/aromatic N) is 3. The Balaban J connectivity index is 1.45. The van der Waals surface area contributed by atoms with Crippen molar-refractivity contribution < 1.29 is 14.3 Å². The molecule has 0 radical (unpaired) electrons. The lowest BCUT2D eigenvalue weighted by Gasteiger charge is -2.21. The predicted octanol–water partition coefficient (Wildman–Crippen LogP) is 3.79. The first-order valence-electron chi connectivity index (χ1n) is 10.7. The van der Waals surface area contributed by atoms with Gasteiger partial charge in [0.05, 0.1) is 5.69 Å². The van der Waals surface area contributed by atoms with E-state index in [4.69, 9.17) is 4.74 Å². The van der Waals surface area contributed by atoms with E-state index in [0.29, 0.717) is 23.7 Å². The van der Waals surface area contributed by atoms with Crippen LogP contribution in [0.3, 0.4) is 0 Å². The zero-order chi connectivity index (χ0) is 21.5.